The van der Waals surface area contributed by atoms with Crippen LogP contribution in [0.3, 0.4) is 0 Å². The molecule has 0 spiro atoms. The highest BCUT2D eigenvalue weighted by Crippen LogP contribution is 2.28. The van der Waals surface area contributed by atoms with Gasteiger partial charge in [0.05, 0.1) is 11.4 Å². The van der Waals surface area contributed by atoms with Gasteiger partial charge in [-0.05, 0) is 55.3 Å². The van der Waals surface area contributed by atoms with Crippen LogP contribution in [-0.4, -0.2) is 36.6 Å². The van der Waals surface area contributed by atoms with Gasteiger partial charge in [-0.1, -0.05) is 12.1 Å². The maximum atomic E-state index is 5.61. The zero-order valence-corrected chi connectivity index (χ0v) is 17.1. The molecule has 1 unspecified atom stereocenters. The summed E-state index contributed by atoms with van der Waals surface area (Å²) in [4.78, 5) is 11.4. The minimum absolute atomic E-state index is 0.355. The van der Waals surface area contributed by atoms with Crippen molar-refractivity contribution < 1.29 is 4.42 Å². The Hall–Kier alpha value is -2.02. The second-order valence-electron chi connectivity index (χ2n) is 6.47. The summed E-state index contributed by atoms with van der Waals surface area (Å²) < 4.78 is 6.75. The molecule has 1 aromatic carbocycles. The molecule has 1 saturated heterocycles. The van der Waals surface area contributed by atoms with Crippen molar-refractivity contribution in [3.8, 4) is 0 Å². The van der Waals surface area contributed by atoms with Crippen molar-refractivity contribution in [2.24, 2.45) is 4.99 Å². The Kier molecular flexibility index (Phi) is 6.19. The molecule has 2 aromatic rings. The highest BCUT2D eigenvalue weighted by atomic mass is 79.9. The van der Waals surface area contributed by atoms with Crippen LogP contribution in [0.2, 0.25) is 0 Å². The molecule has 1 aliphatic rings. The summed E-state index contributed by atoms with van der Waals surface area (Å²) in [6.07, 6.45) is 1.07. The number of aromatic nitrogens is 1. The van der Waals surface area contributed by atoms with E-state index in [0.717, 1.165) is 47.9 Å². The van der Waals surface area contributed by atoms with Gasteiger partial charge < -0.3 is 20.0 Å². The Morgan fingerprint density at radius 3 is 2.88 bits per heavy atom. The Balaban J connectivity index is 1.61. The van der Waals surface area contributed by atoms with Crippen molar-refractivity contribution in [3.05, 3.63) is 46.1 Å². The fourth-order valence-electron chi connectivity index (χ4n) is 3.07. The summed E-state index contributed by atoms with van der Waals surface area (Å²) in [5, 5.41) is 6.85. The molecule has 1 atom stereocenters. The highest BCUT2D eigenvalue weighted by Gasteiger charge is 2.24. The number of guanidine groups is 1. The fraction of sp³-hybridized carbons (Fsp3) is 0.474. The zero-order valence-electron chi connectivity index (χ0n) is 15.6. The summed E-state index contributed by atoms with van der Waals surface area (Å²) in [7, 11) is 0. The largest absolute Gasteiger partial charge is 0.444 e. The number of aliphatic imine (C=N–C) groups is 1. The van der Waals surface area contributed by atoms with E-state index in [-0.39, 0.29) is 0 Å². The molecule has 0 bridgehead atoms. The number of para-hydroxylation sites is 1. The van der Waals surface area contributed by atoms with E-state index in [0.29, 0.717) is 18.5 Å². The fourth-order valence-corrected chi connectivity index (χ4v) is 3.61. The lowest BCUT2D eigenvalue weighted by Crippen LogP contribution is -2.44. The van der Waals surface area contributed by atoms with Crippen LogP contribution in [0.25, 0.3) is 0 Å². The van der Waals surface area contributed by atoms with Gasteiger partial charge in [0, 0.05) is 30.1 Å². The number of hydrogen-bond acceptors (Lipinski definition) is 4. The maximum absolute atomic E-state index is 5.61. The smallest absolute Gasteiger partial charge is 0.216 e. The number of hydrogen-bond donors (Lipinski definition) is 2. The lowest BCUT2D eigenvalue weighted by molar-refractivity contribution is 0.472. The van der Waals surface area contributed by atoms with E-state index < -0.39 is 0 Å². The van der Waals surface area contributed by atoms with Gasteiger partial charge in [0.25, 0.3) is 0 Å². The summed E-state index contributed by atoms with van der Waals surface area (Å²) in [5.74, 6) is 2.31. The molecular weight excluding hydrogens is 394 g/mol. The highest BCUT2D eigenvalue weighted by molar-refractivity contribution is 9.10. The van der Waals surface area contributed by atoms with E-state index in [1.165, 1.54) is 5.69 Å². The van der Waals surface area contributed by atoms with Crippen molar-refractivity contribution in [1.82, 2.24) is 15.6 Å². The molecule has 1 aliphatic heterocycles. The third-order valence-corrected chi connectivity index (χ3v) is 5.18. The molecule has 6 nitrogen and oxygen atoms in total. The topological polar surface area (TPSA) is 65.7 Å². The van der Waals surface area contributed by atoms with Crippen LogP contribution >= 0.6 is 15.9 Å². The monoisotopic (exact) mass is 419 g/mol. The van der Waals surface area contributed by atoms with Gasteiger partial charge in [0.1, 0.15) is 12.3 Å². The predicted octanol–water partition coefficient (Wildman–Crippen LogP) is 3.39. The lowest BCUT2D eigenvalue weighted by Gasteiger charge is -2.21. The number of benzene rings is 1. The second-order valence-corrected chi connectivity index (χ2v) is 7.33. The number of nitrogens with one attached hydrogen (secondary N) is 2. The standard InChI is InChI=1S/C19H26BrN5O/c1-4-21-19(22-11-18-23-13(2)14(3)26-18)24-15-9-10-25(12-15)17-8-6-5-7-16(17)20/h5-8,15H,4,9-12H2,1-3H3,(H2,21,22,24). The van der Waals surface area contributed by atoms with Crippen LogP contribution in [0, 0.1) is 13.8 Å². The van der Waals surface area contributed by atoms with Crippen LogP contribution in [0.5, 0.6) is 0 Å². The molecule has 3 rings (SSSR count). The average molecular weight is 420 g/mol. The molecule has 1 fully saturated rings. The minimum atomic E-state index is 0.355. The van der Waals surface area contributed by atoms with E-state index in [1.54, 1.807) is 0 Å². The first-order valence-electron chi connectivity index (χ1n) is 9.04. The zero-order chi connectivity index (χ0) is 18.5. The third-order valence-electron chi connectivity index (χ3n) is 4.51. The van der Waals surface area contributed by atoms with Crippen molar-refractivity contribution in [2.45, 2.75) is 39.8 Å². The second kappa shape index (κ2) is 8.58. The SMILES string of the molecule is CCNC(=NCc1nc(C)c(C)o1)NC1CCN(c2ccccc2Br)C1. The van der Waals surface area contributed by atoms with Gasteiger partial charge in [0.2, 0.25) is 5.89 Å². The molecule has 26 heavy (non-hydrogen) atoms. The van der Waals surface area contributed by atoms with Gasteiger partial charge >= 0.3 is 0 Å². The van der Waals surface area contributed by atoms with Crippen LogP contribution in [0.15, 0.2) is 38.1 Å². The average Bonchev–Trinajstić information content (AvgIpc) is 3.20. The molecule has 7 heteroatoms. The van der Waals surface area contributed by atoms with Crippen molar-refractivity contribution in [1.29, 1.82) is 0 Å². The number of oxazole rings is 1. The molecular formula is C19H26BrN5O. The third kappa shape index (κ3) is 4.58. The van der Waals surface area contributed by atoms with E-state index in [4.69, 9.17) is 4.42 Å². The van der Waals surface area contributed by atoms with Crippen molar-refractivity contribution in [2.75, 3.05) is 24.5 Å². The van der Waals surface area contributed by atoms with E-state index in [1.807, 2.05) is 19.9 Å². The number of rotatable bonds is 5. The predicted molar refractivity (Wildman–Crippen MR) is 109 cm³/mol. The quantitative estimate of drug-likeness (QED) is 0.574. The van der Waals surface area contributed by atoms with E-state index in [2.05, 4.69) is 66.6 Å². The Labute approximate surface area is 163 Å². The molecule has 140 valence electrons. The van der Waals surface area contributed by atoms with Gasteiger partial charge in [-0.25, -0.2) is 9.98 Å². The maximum Gasteiger partial charge on any atom is 0.216 e. The summed E-state index contributed by atoms with van der Waals surface area (Å²) in [6.45, 7) is 9.17. The number of aryl methyl sites for hydroxylation is 2. The summed E-state index contributed by atoms with van der Waals surface area (Å²) in [6, 6.07) is 8.71. The molecule has 0 amide bonds. The van der Waals surface area contributed by atoms with Crippen LogP contribution in [-0.2, 0) is 6.54 Å². The summed E-state index contributed by atoms with van der Waals surface area (Å²) in [5.41, 5.74) is 2.16. The Bertz CT molecular complexity index is 754. The minimum Gasteiger partial charge on any atom is -0.444 e. The first kappa shape index (κ1) is 18.8. The van der Waals surface area contributed by atoms with Gasteiger partial charge in [-0.3, -0.25) is 0 Å². The van der Waals surface area contributed by atoms with E-state index >= 15 is 0 Å². The lowest BCUT2D eigenvalue weighted by atomic mass is 10.3. The first-order valence-corrected chi connectivity index (χ1v) is 9.83. The molecule has 0 radical (unpaired) electrons. The molecule has 2 heterocycles. The summed E-state index contributed by atoms with van der Waals surface area (Å²) >= 11 is 3.64. The van der Waals surface area contributed by atoms with Crippen LogP contribution < -0.4 is 15.5 Å². The van der Waals surface area contributed by atoms with Crippen LogP contribution in [0.1, 0.15) is 30.7 Å². The number of anilines is 1. The molecule has 1 aromatic heterocycles. The van der Waals surface area contributed by atoms with Gasteiger partial charge in [-0.15, -0.1) is 0 Å². The Morgan fingerprint density at radius 2 is 2.19 bits per heavy atom. The van der Waals surface area contributed by atoms with Gasteiger partial charge in [0.15, 0.2) is 5.96 Å². The Morgan fingerprint density at radius 1 is 1.38 bits per heavy atom. The number of nitrogens with zero attached hydrogens (tertiary/aromatic N) is 3. The first-order chi connectivity index (χ1) is 12.6. The number of halogens is 1. The normalized spacial score (nSPS) is 17.6. The molecule has 2 N–H and O–H groups in total. The van der Waals surface area contributed by atoms with Gasteiger partial charge in [-0.2, -0.15) is 0 Å². The van der Waals surface area contributed by atoms with Crippen molar-refractivity contribution in [3.63, 3.8) is 0 Å². The van der Waals surface area contributed by atoms with E-state index in [9.17, 15) is 0 Å². The van der Waals surface area contributed by atoms with Crippen molar-refractivity contribution >= 4 is 27.6 Å². The van der Waals surface area contributed by atoms with Crippen LogP contribution in [0.4, 0.5) is 5.69 Å². The molecule has 0 saturated carbocycles. The molecule has 0 aliphatic carbocycles.